The lowest BCUT2D eigenvalue weighted by molar-refractivity contribution is 0.0312. The first-order valence-electron chi connectivity index (χ1n) is 6.13. The van der Waals surface area contributed by atoms with Crippen molar-refractivity contribution in [3.8, 4) is 0 Å². The van der Waals surface area contributed by atoms with Gasteiger partial charge in [-0.2, -0.15) is 0 Å². The van der Waals surface area contributed by atoms with Crippen molar-refractivity contribution in [2.24, 2.45) is 0 Å². The topological polar surface area (TPSA) is 40.5 Å². The number of aryl methyl sites for hydroxylation is 1. The Kier molecular flexibility index (Phi) is 4.63. The molecule has 19 heavy (non-hydrogen) atoms. The van der Waals surface area contributed by atoms with E-state index >= 15 is 0 Å². The number of likely N-dealkylation sites (N-methyl/N-ethyl adjacent to an activating group) is 1. The quantitative estimate of drug-likeness (QED) is 0.914. The van der Waals surface area contributed by atoms with Crippen LogP contribution in [-0.2, 0) is 0 Å². The number of hydrogen-bond donors (Lipinski definition) is 1. The molecule has 0 heterocycles. The lowest BCUT2D eigenvalue weighted by atomic mass is 10.1. The van der Waals surface area contributed by atoms with Gasteiger partial charge in [-0.3, -0.25) is 4.79 Å². The molecule has 1 aromatic carbocycles. The van der Waals surface area contributed by atoms with Crippen LogP contribution in [0.3, 0.4) is 0 Å². The van der Waals surface area contributed by atoms with Crippen LogP contribution in [0.1, 0.15) is 36.7 Å². The fourth-order valence-corrected chi connectivity index (χ4v) is 1.79. The zero-order chi connectivity index (χ0) is 14.8. The molecule has 0 aliphatic heterocycles. The van der Waals surface area contributed by atoms with Crippen LogP contribution in [0, 0.1) is 18.6 Å². The maximum atomic E-state index is 13.7. The molecule has 1 rings (SSSR count). The van der Waals surface area contributed by atoms with Crippen molar-refractivity contribution in [2.75, 3.05) is 13.1 Å². The van der Waals surface area contributed by atoms with E-state index in [4.69, 9.17) is 0 Å². The highest BCUT2D eigenvalue weighted by molar-refractivity contribution is 5.94. The molecule has 0 radical (unpaired) electrons. The van der Waals surface area contributed by atoms with Crippen molar-refractivity contribution in [3.63, 3.8) is 0 Å². The maximum absolute atomic E-state index is 13.7. The van der Waals surface area contributed by atoms with Crippen LogP contribution in [0.2, 0.25) is 0 Å². The Morgan fingerprint density at radius 3 is 2.37 bits per heavy atom. The summed E-state index contributed by atoms with van der Waals surface area (Å²) in [6.07, 6.45) is 0. The SMILES string of the molecule is CCN(CC(C)(C)O)C(=O)c1cc(C)c(F)cc1F. The Hall–Kier alpha value is -1.49. The predicted molar refractivity (Wildman–Crippen MR) is 69.0 cm³/mol. The molecule has 1 amide bonds. The van der Waals surface area contributed by atoms with Crippen LogP contribution in [-0.4, -0.2) is 34.6 Å². The Morgan fingerprint density at radius 1 is 1.32 bits per heavy atom. The Labute approximate surface area is 111 Å². The van der Waals surface area contributed by atoms with Crippen molar-refractivity contribution < 1.29 is 18.7 Å². The summed E-state index contributed by atoms with van der Waals surface area (Å²) < 4.78 is 26.8. The number of carbonyl (C=O) groups is 1. The smallest absolute Gasteiger partial charge is 0.256 e. The first-order chi connectivity index (χ1) is 8.65. The highest BCUT2D eigenvalue weighted by atomic mass is 19.1. The summed E-state index contributed by atoms with van der Waals surface area (Å²) in [7, 11) is 0. The summed E-state index contributed by atoms with van der Waals surface area (Å²) in [6, 6.07) is 1.90. The van der Waals surface area contributed by atoms with Gasteiger partial charge in [0.05, 0.1) is 11.2 Å². The fraction of sp³-hybridized carbons (Fsp3) is 0.500. The van der Waals surface area contributed by atoms with E-state index in [-0.39, 0.29) is 17.7 Å². The van der Waals surface area contributed by atoms with Crippen molar-refractivity contribution in [1.82, 2.24) is 4.90 Å². The van der Waals surface area contributed by atoms with E-state index in [0.29, 0.717) is 12.6 Å². The van der Waals surface area contributed by atoms with Gasteiger partial charge in [0.15, 0.2) is 0 Å². The monoisotopic (exact) mass is 271 g/mol. The molecule has 1 N–H and O–H groups in total. The third-order valence-corrected chi connectivity index (χ3v) is 2.73. The molecule has 106 valence electrons. The molecule has 1 aromatic rings. The standard InChI is InChI=1S/C14H19F2NO2/c1-5-17(8-14(3,4)19)13(18)10-6-9(2)11(15)7-12(10)16/h6-7,19H,5,8H2,1-4H3. The van der Waals surface area contributed by atoms with E-state index in [1.165, 1.54) is 17.9 Å². The molecule has 0 aromatic heterocycles. The minimum Gasteiger partial charge on any atom is -0.389 e. The molecule has 5 heteroatoms. The largest absolute Gasteiger partial charge is 0.389 e. The molecule has 0 aliphatic rings. The third kappa shape index (κ3) is 3.99. The average molecular weight is 271 g/mol. The summed E-state index contributed by atoms with van der Waals surface area (Å²) in [4.78, 5) is 13.5. The maximum Gasteiger partial charge on any atom is 0.256 e. The zero-order valence-electron chi connectivity index (χ0n) is 11.6. The van der Waals surface area contributed by atoms with Crippen molar-refractivity contribution in [2.45, 2.75) is 33.3 Å². The van der Waals surface area contributed by atoms with E-state index in [1.807, 2.05) is 0 Å². The number of amides is 1. The molecule has 0 saturated heterocycles. The Balaban J connectivity index is 3.08. The first kappa shape index (κ1) is 15.6. The molecule has 0 bridgehead atoms. The number of carbonyl (C=O) groups excluding carboxylic acids is 1. The van der Waals surface area contributed by atoms with E-state index in [0.717, 1.165) is 0 Å². The third-order valence-electron chi connectivity index (χ3n) is 2.73. The summed E-state index contributed by atoms with van der Waals surface area (Å²) in [5.41, 5.74) is -1.04. The van der Waals surface area contributed by atoms with Crippen LogP contribution in [0.5, 0.6) is 0 Å². The lowest BCUT2D eigenvalue weighted by Crippen LogP contribution is -2.42. The summed E-state index contributed by atoms with van der Waals surface area (Å²) in [5, 5.41) is 9.74. The average Bonchev–Trinajstić information content (AvgIpc) is 2.28. The van der Waals surface area contributed by atoms with Gasteiger partial charge in [-0.1, -0.05) is 0 Å². The zero-order valence-corrected chi connectivity index (χ0v) is 11.6. The van der Waals surface area contributed by atoms with Crippen molar-refractivity contribution in [3.05, 3.63) is 34.9 Å². The van der Waals surface area contributed by atoms with Crippen LogP contribution in [0.4, 0.5) is 8.78 Å². The second-order valence-corrected chi connectivity index (χ2v) is 5.21. The van der Waals surface area contributed by atoms with Crippen LogP contribution < -0.4 is 0 Å². The summed E-state index contributed by atoms with van der Waals surface area (Å²) in [5.74, 6) is -2.12. The predicted octanol–water partition coefficient (Wildman–Crippen LogP) is 2.51. The first-order valence-corrected chi connectivity index (χ1v) is 6.13. The van der Waals surface area contributed by atoms with Gasteiger partial charge in [-0.25, -0.2) is 8.78 Å². The normalized spacial score (nSPS) is 11.5. The van der Waals surface area contributed by atoms with E-state index in [1.54, 1.807) is 20.8 Å². The van der Waals surface area contributed by atoms with Gasteiger partial charge >= 0.3 is 0 Å². The van der Waals surface area contributed by atoms with Gasteiger partial charge in [-0.15, -0.1) is 0 Å². The molecule has 0 unspecified atom stereocenters. The van der Waals surface area contributed by atoms with Crippen LogP contribution in [0.15, 0.2) is 12.1 Å². The Morgan fingerprint density at radius 2 is 1.89 bits per heavy atom. The highest BCUT2D eigenvalue weighted by Gasteiger charge is 2.24. The Bertz CT molecular complexity index is 481. The lowest BCUT2D eigenvalue weighted by Gasteiger charge is -2.28. The number of halogens is 2. The number of hydrogen-bond acceptors (Lipinski definition) is 2. The van der Waals surface area contributed by atoms with Gasteiger partial charge < -0.3 is 10.0 Å². The molecule has 3 nitrogen and oxygen atoms in total. The van der Waals surface area contributed by atoms with Crippen LogP contribution >= 0.6 is 0 Å². The molecular weight excluding hydrogens is 252 g/mol. The van der Waals surface area contributed by atoms with Crippen molar-refractivity contribution in [1.29, 1.82) is 0 Å². The summed E-state index contributed by atoms with van der Waals surface area (Å²) in [6.45, 7) is 6.75. The molecule has 0 atom stereocenters. The number of benzene rings is 1. The fourth-order valence-electron chi connectivity index (χ4n) is 1.79. The second kappa shape index (κ2) is 5.65. The molecular formula is C14H19F2NO2. The van der Waals surface area contributed by atoms with Crippen molar-refractivity contribution >= 4 is 5.91 Å². The van der Waals surface area contributed by atoms with Gasteiger partial charge in [0, 0.05) is 19.2 Å². The summed E-state index contributed by atoms with van der Waals surface area (Å²) >= 11 is 0. The van der Waals surface area contributed by atoms with Gasteiger partial charge in [-0.05, 0) is 39.3 Å². The van der Waals surface area contributed by atoms with Crippen LogP contribution in [0.25, 0.3) is 0 Å². The second-order valence-electron chi connectivity index (χ2n) is 5.21. The minimum atomic E-state index is -1.07. The molecule has 0 spiro atoms. The van der Waals surface area contributed by atoms with E-state index in [2.05, 4.69) is 0 Å². The number of aliphatic hydroxyl groups is 1. The number of rotatable bonds is 4. The van der Waals surface area contributed by atoms with Gasteiger partial charge in [0.25, 0.3) is 5.91 Å². The molecule has 0 saturated carbocycles. The molecule has 0 fully saturated rings. The molecule has 0 aliphatic carbocycles. The minimum absolute atomic E-state index is 0.0815. The van der Waals surface area contributed by atoms with Gasteiger partial charge in [0.2, 0.25) is 0 Å². The van der Waals surface area contributed by atoms with Gasteiger partial charge in [0.1, 0.15) is 11.6 Å². The van der Waals surface area contributed by atoms with E-state index in [9.17, 15) is 18.7 Å². The number of nitrogens with zero attached hydrogens (tertiary/aromatic N) is 1. The van der Waals surface area contributed by atoms with E-state index < -0.39 is 23.1 Å². The highest BCUT2D eigenvalue weighted by Crippen LogP contribution is 2.17.